The SMILES string of the molecule is CCN(C)CC(C)N(C)CC(F)(F)F. The Labute approximate surface area is 83.7 Å². The molecule has 5 heteroatoms. The van der Waals surface area contributed by atoms with Crippen LogP contribution in [0.2, 0.25) is 0 Å². The van der Waals surface area contributed by atoms with E-state index in [1.54, 1.807) is 6.92 Å². The molecular formula is C9H19F3N2. The molecule has 0 saturated carbocycles. The van der Waals surface area contributed by atoms with Crippen LogP contribution in [-0.2, 0) is 0 Å². The van der Waals surface area contributed by atoms with Gasteiger partial charge in [0.25, 0.3) is 0 Å². The number of hydrogen-bond donors (Lipinski definition) is 0. The van der Waals surface area contributed by atoms with Crippen molar-refractivity contribution in [2.45, 2.75) is 26.1 Å². The van der Waals surface area contributed by atoms with Crippen molar-refractivity contribution in [1.29, 1.82) is 0 Å². The predicted octanol–water partition coefficient (Wildman–Crippen LogP) is 1.82. The molecule has 0 aromatic rings. The molecular weight excluding hydrogens is 193 g/mol. The summed E-state index contributed by atoms with van der Waals surface area (Å²) in [7, 11) is 3.40. The molecule has 1 unspecified atom stereocenters. The quantitative estimate of drug-likeness (QED) is 0.686. The van der Waals surface area contributed by atoms with E-state index in [2.05, 4.69) is 0 Å². The fourth-order valence-electron chi connectivity index (χ4n) is 1.16. The zero-order valence-corrected chi connectivity index (χ0v) is 9.23. The number of nitrogens with zero attached hydrogens (tertiary/aromatic N) is 2. The second-order valence-corrected chi connectivity index (χ2v) is 3.73. The summed E-state index contributed by atoms with van der Waals surface area (Å²) < 4.78 is 36.1. The normalized spacial score (nSPS) is 15.2. The fraction of sp³-hybridized carbons (Fsp3) is 1.00. The van der Waals surface area contributed by atoms with E-state index in [-0.39, 0.29) is 6.04 Å². The highest BCUT2D eigenvalue weighted by atomic mass is 19.4. The zero-order chi connectivity index (χ0) is 11.4. The van der Waals surface area contributed by atoms with Gasteiger partial charge in [0.05, 0.1) is 6.54 Å². The molecule has 0 saturated heterocycles. The minimum absolute atomic E-state index is 0.0819. The van der Waals surface area contributed by atoms with E-state index in [0.29, 0.717) is 6.54 Å². The molecule has 0 aromatic carbocycles. The van der Waals surface area contributed by atoms with Crippen molar-refractivity contribution in [3.05, 3.63) is 0 Å². The van der Waals surface area contributed by atoms with Crippen molar-refractivity contribution in [2.75, 3.05) is 33.7 Å². The maximum Gasteiger partial charge on any atom is 0.401 e. The average Bonchev–Trinajstić information content (AvgIpc) is 2.00. The van der Waals surface area contributed by atoms with E-state index in [9.17, 15) is 13.2 Å². The summed E-state index contributed by atoms with van der Waals surface area (Å²) >= 11 is 0. The Morgan fingerprint density at radius 2 is 1.71 bits per heavy atom. The van der Waals surface area contributed by atoms with Crippen LogP contribution in [0.3, 0.4) is 0 Å². The summed E-state index contributed by atoms with van der Waals surface area (Å²) in [5, 5.41) is 0. The van der Waals surface area contributed by atoms with Gasteiger partial charge in [0.15, 0.2) is 0 Å². The second-order valence-electron chi connectivity index (χ2n) is 3.73. The molecule has 0 aliphatic rings. The number of hydrogen-bond acceptors (Lipinski definition) is 2. The van der Waals surface area contributed by atoms with Crippen molar-refractivity contribution in [1.82, 2.24) is 9.80 Å². The molecule has 1 atom stereocenters. The molecule has 0 aromatic heterocycles. The first-order chi connectivity index (χ1) is 6.26. The van der Waals surface area contributed by atoms with Crippen LogP contribution in [0, 0.1) is 0 Å². The zero-order valence-electron chi connectivity index (χ0n) is 9.23. The lowest BCUT2D eigenvalue weighted by Crippen LogP contribution is -2.43. The van der Waals surface area contributed by atoms with Crippen molar-refractivity contribution in [3.63, 3.8) is 0 Å². The molecule has 0 spiro atoms. The first-order valence-corrected chi connectivity index (χ1v) is 4.71. The Morgan fingerprint density at radius 1 is 1.21 bits per heavy atom. The Hall–Kier alpha value is -0.290. The van der Waals surface area contributed by atoms with E-state index in [0.717, 1.165) is 6.54 Å². The van der Waals surface area contributed by atoms with Crippen LogP contribution in [-0.4, -0.2) is 55.7 Å². The molecule has 2 nitrogen and oxygen atoms in total. The third-order valence-electron chi connectivity index (χ3n) is 2.30. The van der Waals surface area contributed by atoms with Gasteiger partial charge in [-0.1, -0.05) is 6.92 Å². The van der Waals surface area contributed by atoms with Gasteiger partial charge in [0.1, 0.15) is 0 Å². The maximum atomic E-state index is 12.0. The van der Waals surface area contributed by atoms with Crippen LogP contribution >= 0.6 is 0 Å². The molecule has 14 heavy (non-hydrogen) atoms. The smallest absolute Gasteiger partial charge is 0.305 e. The Balaban J connectivity index is 3.93. The van der Waals surface area contributed by atoms with Crippen molar-refractivity contribution < 1.29 is 13.2 Å². The van der Waals surface area contributed by atoms with Crippen LogP contribution in [0.15, 0.2) is 0 Å². The van der Waals surface area contributed by atoms with E-state index in [4.69, 9.17) is 0 Å². The Bertz CT molecular complexity index is 159. The Morgan fingerprint density at radius 3 is 2.07 bits per heavy atom. The van der Waals surface area contributed by atoms with E-state index in [1.807, 2.05) is 18.9 Å². The fourth-order valence-corrected chi connectivity index (χ4v) is 1.16. The summed E-state index contributed by atoms with van der Waals surface area (Å²) in [6.07, 6.45) is -4.10. The number of alkyl halides is 3. The van der Waals surface area contributed by atoms with E-state index in [1.165, 1.54) is 11.9 Å². The topological polar surface area (TPSA) is 6.48 Å². The number of halogens is 3. The first kappa shape index (κ1) is 13.7. The molecule has 0 aliphatic heterocycles. The van der Waals surface area contributed by atoms with Crippen molar-refractivity contribution >= 4 is 0 Å². The second kappa shape index (κ2) is 5.56. The molecule has 86 valence electrons. The van der Waals surface area contributed by atoms with Gasteiger partial charge in [0, 0.05) is 12.6 Å². The van der Waals surface area contributed by atoms with Crippen LogP contribution in [0.1, 0.15) is 13.8 Å². The molecule has 0 rings (SSSR count). The van der Waals surface area contributed by atoms with Gasteiger partial charge < -0.3 is 4.90 Å². The molecule has 0 heterocycles. The van der Waals surface area contributed by atoms with Crippen molar-refractivity contribution in [3.8, 4) is 0 Å². The van der Waals surface area contributed by atoms with Gasteiger partial charge >= 0.3 is 6.18 Å². The molecule has 0 bridgehead atoms. The van der Waals surface area contributed by atoms with Gasteiger partial charge in [0.2, 0.25) is 0 Å². The van der Waals surface area contributed by atoms with Crippen LogP contribution < -0.4 is 0 Å². The lowest BCUT2D eigenvalue weighted by molar-refractivity contribution is -0.147. The molecule has 0 N–H and O–H groups in total. The number of likely N-dealkylation sites (N-methyl/N-ethyl adjacent to an activating group) is 2. The maximum absolute atomic E-state index is 12.0. The van der Waals surface area contributed by atoms with Gasteiger partial charge in [-0.15, -0.1) is 0 Å². The summed E-state index contributed by atoms with van der Waals surface area (Å²) in [5.41, 5.74) is 0. The van der Waals surface area contributed by atoms with E-state index >= 15 is 0 Å². The van der Waals surface area contributed by atoms with Crippen LogP contribution in [0.25, 0.3) is 0 Å². The molecule has 0 amide bonds. The van der Waals surface area contributed by atoms with E-state index < -0.39 is 12.7 Å². The highest BCUT2D eigenvalue weighted by molar-refractivity contribution is 4.69. The van der Waals surface area contributed by atoms with Gasteiger partial charge in [-0.2, -0.15) is 13.2 Å². The Kier molecular flexibility index (Phi) is 5.44. The van der Waals surface area contributed by atoms with Gasteiger partial charge in [-0.3, -0.25) is 4.90 Å². The largest absolute Gasteiger partial charge is 0.401 e. The van der Waals surface area contributed by atoms with Gasteiger partial charge in [-0.25, -0.2) is 0 Å². The molecule has 0 aliphatic carbocycles. The average molecular weight is 212 g/mol. The molecule has 0 fully saturated rings. The van der Waals surface area contributed by atoms with Crippen LogP contribution in [0.5, 0.6) is 0 Å². The predicted molar refractivity (Wildman–Crippen MR) is 51.3 cm³/mol. The number of rotatable bonds is 5. The standard InChI is InChI=1S/C9H19F3N2/c1-5-13(3)6-8(2)14(4)7-9(10,11)12/h8H,5-7H2,1-4H3. The minimum Gasteiger partial charge on any atom is -0.305 e. The lowest BCUT2D eigenvalue weighted by atomic mass is 10.3. The van der Waals surface area contributed by atoms with Gasteiger partial charge in [-0.05, 0) is 27.6 Å². The first-order valence-electron chi connectivity index (χ1n) is 4.71. The monoisotopic (exact) mass is 212 g/mol. The highest BCUT2D eigenvalue weighted by Gasteiger charge is 2.30. The third kappa shape index (κ3) is 6.21. The van der Waals surface area contributed by atoms with Crippen molar-refractivity contribution in [2.24, 2.45) is 0 Å². The highest BCUT2D eigenvalue weighted by Crippen LogP contribution is 2.16. The summed E-state index contributed by atoms with van der Waals surface area (Å²) in [6.45, 7) is 4.45. The third-order valence-corrected chi connectivity index (χ3v) is 2.30. The summed E-state index contributed by atoms with van der Waals surface area (Å²) in [5.74, 6) is 0. The summed E-state index contributed by atoms with van der Waals surface area (Å²) in [4.78, 5) is 3.32. The lowest BCUT2D eigenvalue weighted by Gasteiger charge is -2.28. The molecule has 0 radical (unpaired) electrons. The minimum atomic E-state index is -4.10. The van der Waals surface area contributed by atoms with Crippen LogP contribution in [0.4, 0.5) is 13.2 Å². The summed E-state index contributed by atoms with van der Waals surface area (Å²) in [6, 6.07) is -0.0819.